The van der Waals surface area contributed by atoms with Gasteiger partial charge in [0.15, 0.2) is 0 Å². The molecule has 0 unspecified atom stereocenters. The van der Waals surface area contributed by atoms with Crippen molar-refractivity contribution in [2.24, 2.45) is 29.6 Å². The van der Waals surface area contributed by atoms with E-state index < -0.39 is 0 Å². The fourth-order valence-electron chi connectivity index (χ4n) is 4.67. The molecule has 4 heteroatoms. The molecule has 0 radical (unpaired) electrons. The Labute approximate surface area is 108 Å². The van der Waals surface area contributed by atoms with E-state index in [1.54, 1.807) is 7.11 Å². The van der Waals surface area contributed by atoms with Gasteiger partial charge in [0, 0.05) is 13.0 Å². The third-order valence-electron chi connectivity index (χ3n) is 5.09. The zero-order valence-corrected chi connectivity index (χ0v) is 11.1. The van der Waals surface area contributed by atoms with Gasteiger partial charge in [-0.05, 0) is 55.8 Å². The number of nitrogens with one attached hydrogen (secondary N) is 1. The Morgan fingerprint density at radius 3 is 2.22 bits per heavy atom. The summed E-state index contributed by atoms with van der Waals surface area (Å²) in [6.45, 7) is 0.942. The lowest BCUT2D eigenvalue weighted by Crippen LogP contribution is -2.51. The van der Waals surface area contributed by atoms with Crippen molar-refractivity contribution in [2.45, 2.75) is 32.1 Å². The molecule has 1 N–H and O–H groups in total. The van der Waals surface area contributed by atoms with Crippen LogP contribution in [0.15, 0.2) is 0 Å². The lowest BCUT2D eigenvalue weighted by molar-refractivity contribution is -0.151. The summed E-state index contributed by atoms with van der Waals surface area (Å²) in [6.07, 6.45) is 6.49. The summed E-state index contributed by atoms with van der Waals surface area (Å²) >= 11 is 0. The van der Waals surface area contributed by atoms with E-state index in [-0.39, 0.29) is 11.8 Å². The third kappa shape index (κ3) is 2.28. The molecule has 0 heterocycles. The van der Waals surface area contributed by atoms with Crippen molar-refractivity contribution >= 4 is 5.91 Å². The fourth-order valence-corrected chi connectivity index (χ4v) is 4.67. The maximum atomic E-state index is 12.2. The van der Waals surface area contributed by atoms with E-state index in [0.717, 1.165) is 11.8 Å². The molecule has 4 aliphatic rings. The van der Waals surface area contributed by atoms with Crippen LogP contribution < -0.4 is 5.48 Å². The Kier molecular flexibility index (Phi) is 3.57. The number of ether oxygens (including phenoxy) is 1. The van der Waals surface area contributed by atoms with Gasteiger partial charge in [0.1, 0.15) is 0 Å². The molecule has 4 aliphatic carbocycles. The second-order valence-corrected chi connectivity index (χ2v) is 6.26. The zero-order chi connectivity index (χ0) is 12.5. The van der Waals surface area contributed by atoms with E-state index in [0.29, 0.717) is 25.0 Å². The molecule has 0 aromatic rings. The summed E-state index contributed by atoms with van der Waals surface area (Å²) in [5.41, 5.74) is 2.63. The van der Waals surface area contributed by atoms with Crippen molar-refractivity contribution in [3.05, 3.63) is 0 Å². The summed E-state index contributed by atoms with van der Waals surface area (Å²) in [4.78, 5) is 17.4. The molecule has 102 valence electrons. The van der Waals surface area contributed by atoms with Gasteiger partial charge in [0.05, 0.1) is 13.2 Å². The molecule has 4 nitrogen and oxygen atoms in total. The minimum atomic E-state index is 0.111. The number of carbonyl (C=O) groups excluding carboxylic acids is 1. The van der Waals surface area contributed by atoms with E-state index in [4.69, 9.17) is 9.57 Å². The van der Waals surface area contributed by atoms with Crippen molar-refractivity contribution in [3.8, 4) is 0 Å². The van der Waals surface area contributed by atoms with Crippen molar-refractivity contribution in [3.63, 3.8) is 0 Å². The van der Waals surface area contributed by atoms with E-state index in [1.807, 2.05) is 0 Å². The van der Waals surface area contributed by atoms with Crippen LogP contribution in [0.5, 0.6) is 0 Å². The van der Waals surface area contributed by atoms with Crippen LogP contribution in [-0.2, 0) is 14.4 Å². The largest absolute Gasteiger partial charge is 0.382 e. The van der Waals surface area contributed by atoms with Gasteiger partial charge in [0.25, 0.3) is 0 Å². The number of amides is 1. The maximum absolute atomic E-state index is 12.2. The smallest absolute Gasteiger partial charge is 0.247 e. The van der Waals surface area contributed by atoms with Crippen molar-refractivity contribution in [1.82, 2.24) is 5.48 Å². The van der Waals surface area contributed by atoms with Crippen LogP contribution in [0.3, 0.4) is 0 Å². The first-order chi connectivity index (χ1) is 8.78. The SMILES string of the molecule is COCCONC(=O)C1C2CC3CC(C2)CC1C3. The lowest BCUT2D eigenvalue weighted by Gasteiger charge is -2.53. The Morgan fingerprint density at radius 2 is 1.67 bits per heavy atom. The van der Waals surface area contributed by atoms with Crippen LogP contribution in [0.2, 0.25) is 0 Å². The zero-order valence-electron chi connectivity index (χ0n) is 11.1. The summed E-state index contributed by atoms with van der Waals surface area (Å²) in [5, 5.41) is 0. The Morgan fingerprint density at radius 1 is 1.06 bits per heavy atom. The van der Waals surface area contributed by atoms with Crippen LogP contribution in [0.1, 0.15) is 32.1 Å². The number of hydrogen-bond donors (Lipinski definition) is 1. The van der Waals surface area contributed by atoms with Crippen molar-refractivity contribution in [2.75, 3.05) is 20.3 Å². The second kappa shape index (κ2) is 5.17. The highest BCUT2D eigenvalue weighted by Crippen LogP contribution is 2.56. The van der Waals surface area contributed by atoms with Crippen LogP contribution in [0.4, 0.5) is 0 Å². The van der Waals surface area contributed by atoms with E-state index >= 15 is 0 Å². The van der Waals surface area contributed by atoms with Crippen LogP contribution in [0.25, 0.3) is 0 Å². The summed E-state index contributed by atoms with van der Waals surface area (Å²) in [6, 6.07) is 0. The minimum Gasteiger partial charge on any atom is -0.382 e. The minimum absolute atomic E-state index is 0.111. The predicted molar refractivity (Wildman–Crippen MR) is 66.5 cm³/mol. The third-order valence-corrected chi connectivity index (χ3v) is 5.09. The molecular formula is C14H23NO3. The van der Waals surface area contributed by atoms with Gasteiger partial charge in [-0.2, -0.15) is 0 Å². The molecular weight excluding hydrogens is 230 g/mol. The Bertz CT molecular complexity index is 290. The normalized spacial score (nSPS) is 41.1. The van der Waals surface area contributed by atoms with E-state index in [9.17, 15) is 4.79 Å². The number of hydrogen-bond acceptors (Lipinski definition) is 3. The highest BCUT2D eigenvalue weighted by molar-refractivity contribution is 5.78. The molecule has 0 aliphatic heterocycles. The molecule has 4 bridgehead atoms. The second-order valence-electron chi connectivity index (χ2n) is 6.26. The summed E-state index contributed by atoms with van der Waals surface area (Å²) < 4.78 is 4.89. The van der Waals surface area contributed by atoms with Crippen LogP contribution >= 0.6 is 0 Å². The predicted octanol–water partition coefficient (Wildman–Crippen LogP) is 1.75. The highest BCUT2D eigenvalue weighted by atomic mass is 16.7. The quantitative estimate of drug-likeness (QED) is 0.600. The molecule has 0 atom stereocenters. The van der Waals surface area contributed by atoms with Gasteiger partial charge < -0.3 is 4.74 Å². The molecule has 4 fully saturated rings. The molecule has 0 spiro atoms. The van der Waals surface area contributed by atoms with Gasteiger partial charge >= 0.3 is 0 Å². The van der Waals surface area contributed by atoms with Gasteiger partial charge in [0.2, 0.25) is 5.91 Å². The maximum Gasteiger partial charge on any atom is 0.247 e. The van der Waals surface area contributed by atoms with Gasteiger partial charge in [-0.3, -0.25) is 9.63 Å². The number of hydroxylamine groups is 1. The number of rotatable bonds is 5. The van der Waals surface area contributed by atoms with Gasteiger partial charge in [-0.15, -0.1) is 0 Å². The van der Waals surface area contributed by atoms with Crippen LogP contribution in [0, 0.1) is 29.6 Å². The van der Waals surface area contributed by atoms with E-state index in [1.165, 1.54) is 32.1 Å². The molecule has 4 rings (SSSR count). The first-order valence-electron chi connectivity index (χ1n) is 7.18. The first kappa shape index (κ1) is 12.4. The van der Waals surface area contributed by atoms with E-state index in [2.05, 4.69) is 5.48 Å². The molecule has 18 heavy (non-hydrogen) atoms. The fraction of sp³-hybridized carbons (Fsp3) is 0.929. The number of carbonyl (C=O) groups is 1. The average molecular weight is 253 g/mol. The monoisotopic (exact) mass is 253 g/mol. The average Bonchev–Trinajstić information content (AvgIpc) is 2.33. The summed E-state index contributed by atoms with van der Waals surface area (Å²) in [5.74, 6) is 3.37. The van der Waals surface area contributed by atoms with Crippen molar-refractivity contribution < 1.29 is 14.4 Å². The van der Waals surface area contributed by atoms with Crippen LogP contribution in [-0.4, -0.2) is 26.2 Å². The van der Waals surface area contributed by atoms with Gasteiger partial charge in [-0.25, -0.2) is 5.48 Å². The molecule has 0 saturated heterocycles. The molecule has 0 aromatic heterocycles. The standard InChI is InChI=1S/C14H23NO3/c1-17-2-3-18-15-14(16)13-11-5-9-4-10(7-11)8-12(13)6-9/h9-13H,2-8H2,1H3,(H,15,16). The molecule has 4 saturated carbocycles. The molecule has 0 aromatic carbocycles. The summed E-state index contributed by atoms with van der Waals surface area (Å²) in [7, 11) is 1.63. The Balaban J connectivity index is 1.54. The Hall–Kier alpha value is -0.610. The molecule has 1 amide bonds. The highest BCUT2D eigenvalue weighted by Gasteiger charge is 2.50. The lowest BCUT2D eigenvalue weighted by atomic mass is 9.52. The van der Waals surface area contributed by atoms with Crippen molar-refractivity contribution in [1.29, 1.82) is 0 Å². The van der Waals surface area contributed by atoms with Gasteiger partial charge in [-0.1, -0.05) is 0 Å². The first-order valence-corrected chi connectivity index (χ1v) is 7.18. The number of methoxy groups -OCH3 is 1. The topological polar surface area (TPSA) is 47.6 Å².